The number of allylic oxidation sites excluding steroid dienone is 4. The van der Waals surface area contributed by atoms with Gasteiger partial charge in [-0.25, -0.2) is 4.79 Å². The molecule has 0 aromatic carbocycles. The molecule has 2 heteroatoms. The van der Waals surface area contributed by atoms with E-state index in [1.807, 2.05) is 0 Å². The first-order valence-corrected chi connectivity index (χ1v) is 5.53. The van der Waals surface area contributed by atoms with E-state index in [4.69, 9.17) is 5.11 Å². The standard InChI is InChI=1S/C14H20O2/c1-12(2)8-7-10-13(3)9-5-4-6-11-14(15)16/h8-9H,4-5,7,10H2,1-3H3,(H,15,16)/b13-9+. The van der Waals surface area contributed by atoms with Gasteiger partial charge in [0.05, 0.1) is 0 Å². The maximum atomic E-state index is 10.1. The average Bonchev–Trinajstić information content (AvgIpc) is 2.16. The van der Waals surface area contributed by atoms with Crippen LogP contribution in [0, 0.1) is 11.8 Å². The zero-order valence-electron chi connectivity index (χ0n) is 10.3. The molecule has 1 N–H and O–H groups in total. The van der Waals surface area contributed by atoms with E-state index in [1.165, 1.54) is 11.1 Å². The van der Waals surface area contributed by atoms with E-state index in [2.05, 4.69) is 44.8 Å². The molecule has 0 aromatic rings. The Morgan fingerprint density at radius 3 is 2.44 bits per heavy atom. The van der Waals surface area contributed by atoms with Gasteiger partial charge in [0.1, 0.15) is 0 Å². The first kappa shape index (κ1) is 14.5. The number of carboxylic acid groups (broad SMARTS) is 1. The zero-order chi connectivity index (χ0) is 12.4. The fourth-order valence-corrected chi connectivity index (χ4v) is 1.22. The summed E-state index contributed by atoms with van der Waals surface area (Å²) in [6, 6.07) is 0. The van der Waals surface area contributed by atoms with Crippen LogP contribution in [0.4, 0.5) is 0 Å². The lowest BCUT2D eigenvalue weighted by Crippen LogP contribution is -1.86. The molecule has 0 aliphatic rings. The minimum Gasteiger partial charge on any atom is -0.472 e. The number of aliphatic carboxylic acids is 1. The van der Waals surface area contributed by atoms with Crippen molar-refractivity contribution in [3.8, 4) is 11.8 Å². The summed E-state index contributed by atoms with van der Waals surface area (Å²) in [5.41, 5.74) is 2.69. The van der Waals surface area contributed by atoms with Gasteiger partial charge in [0.25, 0.3) is 0 Å². The third-order valence-corrected chi connectivity index (χ3v) is 2.05. The van der Waals surface area contributed by atoms with Crippen molar-refractivity contribution in [1.82, 2.24) is 0 Å². The van der Waals surface area contributed by atoms with Crippen LogP contribution < -0.4 is 0 Å². The van der Waals surface area contributed by atoms with Gasteiger partial charge in [0.15, 0.2) is 0 Å². The highest BCUT2D eigenvalue weighted by molar-refractivity contribution is 5.86. The third kappa shape index (κ3) is 10.6. The minimum atomic E-state index is -1.05. The van der Waals surface area contributed by atoms with Gasteiger partial charge in [-0.3, -0.25) is 0 Å². The second-order valence-corrected chi connectivity index (χ2v) is 4.02. The minimum absolute atomic E-state index is 0.617. The van der Waals surface area contributed by atoms with Crippen LogP contribution in [0.5, 0.6) is 0 Å². The third-order valence-electron chi connectivity index (χ3n) is 2.05. The van der Waals surface area contributed by atoms with Crippen LogP contribution in [-0.4, -0.2) is 11.1 Å². The van der Waals surface area contributed by atoms with Crippen molar-refractivity contribution < 1.29 is 9.90 Å². The number of carbonyl (C=O) groups is 1. The first-order valence-electron chi connectivity index (χ1n) is 5.53. The Labute approximate surface area is 98.1 Å². The monoisotopic (exact) mass is 220 g/mol. The number of hydrogen-bond acceptors (Lipinski definition) is 1. The molecule has 88 valence electrons. The molecular formula is C14H20O2. The van der Waals surface area contributed by atoms with Crippen LogP contribution in [0.15, 0.2) is 23.3 Å². The molecule has 0 aliphatic heterocycles. The van der Waals surface area contributed by atoms with Crippen LogP contribution in [0.3, 0.4) is 0 Å². The van der Waals surface area contributed by atoms with Gasteiger partial charge >= 0.3 is 5.97 Å². The molecule has 0 amide bonds. The summed E-state index contributed by atoms with van der Waals surface area (Å²) >= 11 is 0. The van der Waals surface area contributed by atoms with Crippen molar-refractivity contribution in [2.75, 3.05) is 0 Å². The Morgan fingerprint density at radius 1 is 1.19 bits per heavy atom. The number of carboxylic acids is 1. The predicted octanol–water partition coefficient (Wildman–Crippen LogP) is 3.55. The summed E-state index contributed by atoms with van der Waals surface area (Å²) in [5, 5.41) is 8.29. The molecule has 0 saturated heterocycles. The molecule has 0 aliphatic carbocycles. The maximum absolute atomic E-state index is 10.1. The lowest BCUT2D eigenvalue weighted by Gasteiger charge is -1.97. The number of unbranched alkanes of at least 4 members (excludes halogenated alkanes) is 1. The summed E-state index contributed by atoms with van der Waals surface area (Å²) in [4.78, 5) is 10.1. The molecule has 16 heavy (non-hydrogen) atoms. The highest BCUT2D eigenvalue weighted by atomic mass is 16.4. The van der Waals surface area contributed by atoms with E-state index in [1.54, 1.807) is 0 Å². The average molecular weight is 220 g/mol. The van der Waals surface area contributed by atoms with Crippen molar-refractivity contribution in [1.29, 1.82) is 0 Å². The lowest BCUT2D eigenvalue weighted by atomic mass is 10.1. The molecule has 0 radical (unpaired) electrons. The Balaban J connectivity index is 3.76. The molecule has 0 aromatic heterocycles. The largest absolute Gasteiger partial charge is 0.472 e. The molecule has 0 atom stereocenters. The molecule has 0 bridgehead atoms. The lowest BCUT2D eigenvalue weighted by molar-refractivity contribution is -0.130. The summed E-state index contributed by atoms with van der Waals surface area (Å²) in [6.45, 7) is 6.30. The van der Waals surface area contributed by atoms with E-state index in [0.717, 1.165) is 19.3 Å². The summed E-state index contributed by atoms with van der Waals surface area (Å²) in [6.07, 6.45) is 7.95. The van der Waals surface area contributed by atoms with Crippen molar-refractivity contribution in [2.24, 2.45) is 0 Å². The van der Waals surface area contributed by atoms with Crippen molar-refractivity contribution in [2.45, 2.75) is 46.5 Å². The fraction of sp³-hybridized carbons (Fsp3) is 0.500. The van der Waals surface area contributed by atoms with E-state index in [0.29, 0.717) is 6.42 Å². The van der Waals surface area contributed by atoms with Gasteiger partial charge in [0, 0.05) is 12.3 Å². The van der Waals surface area contributed by atoms with Gasteiger partial charge in [0.2, 0.25) is 0 Å². The van der Waals surface area contributed by atoms with Crippen LogP contribution in [0.2, 0.25) is 0 Å². The molecule has 0 spiro atoms. The van der Waals surface area contributed by atoms with E-state index < -0.39 is 5.97 Å². The van der Waals surface area contributed by atoms with Gasteiger partial charge in [-0.2, -0.15) is 0 Å². The Bertz CT molecular complexity index is 333. The van der Waals surface area contributed by atoms with E-state index in [-0.39, 0.29) is 0 Å². The molecule has 0 rings (SSSR count). The number of hydrogen-bond donors (Lipinski definition) is 1. The van der Waals surface area contributed by atoms with Crippen LogP contribution >= 0.6 is 0 Å². The molecule has 0 unspecified atom stereocenters. The first-order chi connectivity index (χ1) is 7.52. The normalized spacial score (nSPS) is 10.3. The Kier molecular flexibility index (Phi) is 7.97. The molecular weight excluding hydrogens is 200 g/mol. The van der Waals surface area contributed by atoms with Gasteiger partial charge in [-0.05, 0) is 40.0 Å². The van der Waals surface area contributed by atoms with Crippen LogP contribution in [-0.2, 0) is 4.79 Å². The van der Waals surface area contributed by atoms with E-state index in [9.17, 15) is 4.79 Å². The summed E-state index contributed by atoms with van der Waals surface area (Å²) < 4.78 is 0. The molecule has 0 saturated carbocycles. The predicted molar refractivity (Wildman–Crippen MR) is 67.1 cm³/mol. The van der Waals surface area contributed by atoms with Gasteiger partial charge in [-0.15, -0.1) is 0 Å². The van der Waals surface area contributed by atoms with Crippen molar-refractivity contribution in [3.63, 3.8) is 0 Å². The molecule has 0 fully saturated rings. The Morgan fingerprint density at radius 2 is 1.88 bits per heavy atom. The van der Waals surface area contributed by atoms with Crippen molar-refractivity contribution in [3.05, 3.63) is 23.3 Å². The molecule has 0 heterocycles. The van der Waals surface area contributed by atoms with Crippen LogP contribution in [0.1, 0.15) is 46.5 Å². The van der Waals surface area contributed by atoms with E-state index >= 15 is 0 Å². The zero-order valence-corrected chi connectivity index (χ0v) is 10.3. The topological polar surface area (TPSA) is 37.3 Å². The fourth-order valence-electron chi connectivity index (χ4n) is 1.22. The quantitative estimate of drug-likeness (QED) is 0.437. The highest BCUT2D eigenvalue weighted by Gasteiger charge is 1.89. The van der Waals surface area contributed by atoms with Gasteiger partial charge < -0.3 is 5.11 Å². The smallest absolute Gasteiger partial charge is 0.381 e. The molecule has 2 nitrogen and oxygen atoms in total. The Hall–Kier alpha value is -1.49. The SMILES string of the molecule is CC(C)=CCC/C(C)=C/CCC#CC(=O)O. The highest BCUT2D eigenvalue weighted by Crippen LogP contribution is 2.08. The second kappa shape index (κ2) is 8.79. The number of rotatable bonds is 5. The summed E-state index contributed by atoms with van der Waals surface area (Å²) in [5.74, 6) is 3.66. The van der Waals surface area contributed by atoms with Crippen molar-refractivity contribution >= 4 is 5.97 Å². The van der Waals surface area contributed by atoms with Gasteiger partial charge in [-0.1, -0.05) is 29.2 Å². The maximum Gasteiger partial charge on any atom is 0.381 e. The van der Waals surface area contributed by atoms with Crippen LogP contribution in [0.25, 0.3) is 0 Å². The summed E-state index contributed by atoms with van der Waals surface area (Å²) in [7, 11) is 0. The second-order valence-electron chi connectivity index (χ2n) is 4.02.